The van der Waals surface area contributed by atoms with Crippen LogP contribution in [0.4, 0.5) is 5.69 Å². The van der Waals surface area contributed by atoms with Gasteiger partial charge >= 0.3 is 5.97 Å². The highest BCUT2D eigenvalue weighted by molar-refractivity contribution is 5.89. The van der Waals surface area contributed by atoms with Gasteiger partial charge in [0.15, 0.2) is 0 Å². The van der Waals surface area contributed by atoms with Gasteiger partial charge in [-0.25, -0.2) is 4.79 Å². The van der Waals surface area contributed by atoms with Crippen molar-refractivity contribution in [3.63, 3.8) is 0 Å². The van der Waals surface area contributed by atoms with Crippen molar-refractivity contribution >= 4 is 23.8 Å². The van der Waals surface area contributed by atoms with Crippen LogP contribution in [0.1, 0.15) is 30.9 Å². The number of piperazine rings is 1. The van der Waals surface area contributed by atoms with E-state index in [1.165, 1.54) is 6.92 Å². The van der Waals surface area contributed by atoms with E-state index in [-0.39, 0.29) is 11.3 Å². The molecule has 0 aromatic heterocycles. The summed E-state index contributed by atoms with van der Waals surface area (Å²) < 4.78 is 0. The van der Waals surface area contributed by atoms with E-state index in [0.717, 1.165) is 55.8 Å². The Labute approximate surface area is 158 Å². The third kappa shape index (κ3) is 3.98. The van der Waals surface area contributed by atoms with Gasteiger partial charge in [0.05, 0.1) is 11.3 Å². The van der Waals surface area contributed by atoms with Crippen LogP contribution in [0.3, 0.4) is 0 Å². The highest BCUT2D eigenvalue weighted by Gasteiger charge is 2.23. The minimum Gasteiger partial charge on any atom is -0.507 e. The second-order valence-corrected chi connectivity index (χ2v) is 6.83. The van der Waals surface area contributed by atoms with E-state index in [2.05, 4.69) is 21.6 Å². The van der Waals surface area contributed by atoms with Crippen LogP contribution < -0.4 is 15.5 Å². The first kappa shape index (κ1) is 19.0. The molecule has 1 aromatic rings. The van der Waals surface area contributed by atoms with Crippen LogP contribution in [0, 0.1) is 0 Å². The highest BCUT2D eigenvalue weighted by Crippen LogP contribution is 2.34. The molecule has 27 heavy (non-hydrogen) atoms. The zero-order valence-electron chi connectivity index (χ0n) is 15.4. The molecule has 0 spiro atoms. The molecule has 3 rings (SSSR count). The first-order chi connectivity index (χ1) is 13.0. The Morgan fingerprint density at radius 1 is 1.22 bits per heavy atom. The van der Waals surface area contributed by atoms with Gasteiger partial charge in [-0.05, 0) is 43.9 Å². The fourth-order valence-corrected chi connectivity index (χ4v) is 3.68. The topological polar surface area (TPSA) is 102 Å². The Morgan fingerprint density at radius 2 is 1.96 bits per heavy atom. The van der Waals surface area contributed by atoms with Gasteiger partial charge < -0.3 is 25.7 Å². The number of carbonyl (C=O) groups excluding carboxylic acids is 1. The number of nitrogens with one attached hydrogen (secondary N) is 2. The van der Waals surface area contributed by atoms with E-state index in [0.29, 0.717) is 24.1 Å². The summed E-state index contributed by atoms with van der Waals surface area (Å²) in [4.78, 5) is 24.8. The number of carboxylic acid groups (broad SMARTS) is 1. The number of hydrogen-bond donors (Lipinski definition) is 4. The van der Waals surface area contributed by atoms with Gasteiger partial charge in [-0.2, -0.15) is 0 Å². The molecule has 1 aliphatic heterocycles. The number of amides is 1. The van der Waals surface area contributed by atoms with Crippen molar-refractivity contribution in [3.05, 3.63) is 46.2 Å². The van der Waals surface area contributed by atoms with E-state index in [1.807, 2.05) is 12.1 Å². The molecule has 2 aliphatic rings. The van der Waals surface area contributed by atoms with Gasteiger partial charge in [0.25, 0.3) is 0 Å². The Balaban J connectivity index is 2.07. The number of allylic oxidation sites excluding steroid dienone is 1. The molecule has 1 heterocycles. The molecular formula is C20H25N3O4. The number of rotatable bonds is 5. The van der Waals surface area contributed by atoms with Crippen LogP contribution in [0.25, 0.3) is 5.70 Å². The number of aliphatic hydroxyl groups is 1. The van der Waals surface area contributed by atoms with Crippen LogP contribution in [0.2, 0.25) is 0 Å². The van der Waals surface area contributed by atoms with Gasteiger partial charge in [0.2, 0.25) is 6.41 Å². The van der Waals surface area contributed by atoms with Crippen molar-refractivity contribution in [1.82, 2.24) is 10.6 Å². The maximum absolute atomic E-state index is 11.3. The zero-order chi connectivity index (χ0) is 19.4. The standard InChI is InChI=1S/C20H25N3O4/c1-13(20(26)27)19(25)17-4-2-3-14-11-15(23-9-7-21-8-10-23)5-6-16(14)18(17)22-12-24/h5-6,11-12,21,25H,2-4,7-10H2,1H3,(H,22,24)(H,26,27)/b19-13-. The monoisotopic (exact) mass is 371 g/mol. The fraction of sp³-hybridized carbons (Fsp3) is 0.400. The number of carboxylic acids is 1. The average Bonchev–Trinajstić information content (AvgIpc) is 2.87. The molecule has 1 saturated heterocycles. The van der Waals surface area contributed by atoms with Crippen LogP contribution in [-0.4, -0.2) is 48.8 Å². The quantitative estimate of drug-likeness (QED) is 0.358. The lowest BCUT2D eigenvalue weighted by Crippen LogP contribution is -2.43. The predicted molar refractivity (Wildman–Crippen MR) is 104 cm³/mol. The molecule has 144 valence electrons. The summed E-state index contributed by atoms with van der Waals surface area (Å²) in [5.41, 5.74) is 3.89. The summed E-state index contributed by atoms with van der Waals surface area (Å²) >= 11 is 0. The van der Waals surface area contributed by atoms with Crippen molar-refractivity contribution < 1.29 is 19.8 Å². The highest BCUT2D eigenvalue weighted by atomic mass is 16.4. The van der Waals surface area contributed by atoms with E-state index in [1.54, 1.807) is 0 Å². The lowest BCUT2D eigenvalue weighted by molar-refractivity contribution is -0.132. The first-order valence-electron chi connectivity index (χ1n) is 9.18. The second kappa shape index (κ2) is 8.26. The molecule has 0 radical (unpaired) electrons. The fourth-order valence-electron chi connectivity index (χ4n) is 3.68. The number of aliphatic carboxylic acids is 1. The third-order valence-electron chi connectivity index (χ3n) is 5.18. The van der Waals surface area contributed by atoms with Crippen molar-refractivity contribution in [2.45, 2.75) is 26.2 Å². The molecule has 4 N–H and O–H groups in total. The van der Waals surface area contributed by atoms with Gasteiger partial charge in [-0.15, -0.1) is 0 Å². The molecule has 1 aliphatic carbocycles. The number of fused-ring (bicyclic) bond motifs is 1. The van der Waals surface area contributed by atoms with E-state index < -0.39 is 5.97 Å². The summed E-state index contributed by atoms with van der Waals surface area (Å²) in [6.07, 6.45) is 2.61. The molecule has 7 nitrogen and oxygen atoms in total. The summed E-state index contributed by atoms with van der Waals surface area (Å²) in [6, 6.07) is 6.11. The molecule has 0 bridgehead atoms. The third-order valence-corrected chi connectivity index (χ3v) is 5.18. The Morgan fingerprint density at radius 3 is 2.63 bits per heavy atom. The maximum Gasteiger partial charge on any atom is 0.335 e. The van der Waals surface area contributed by atoms with Crippen LogP contribution in [0.5, 0.6) is 0 Å². The smallest absolute Gasteiger partial charge is 0.335 e. The lowest BCUT2D eigenvalue weighted by atomic mass is 9.99. The number of carbonyl (C=O) groups is 2. The molecule has 0 atom stereocenters. The number of benzene rings is 1. The second-order valence-electron chi connectivity index (χ2n) is 6.83. The average molecular weight is 371 g/mol. The Bertz CT molecular complexity index is 807. The molecule has 1 amide bonds. The number of nitrogens with zero attached hydrogens (tertiary/aromatic N) is 1. The van der Waals surface area contributed by atoms with Gasteiger partial charge in [0.1, 0.15) is 5.76 Å². The molecule has 0 saturated carbocycles. The van der Waals surface area contributed by atoms with Crippen LogP contribution in [-0.2, 0) is 16.0 Å². The van der Waals surface area contributed by atoms with Crippen LogP contribution >= 0.6 is 0 Å². The molecule has 0 unspecified atom stereocenters. The maximum atomic E-state index is 11.3. The molecular weight excluding hydrogens is 346 g/mol. The van der Waals surface area contributed by atoms with Gasteiger partial charge in [0, 0.05) is 43.0 Å². The van der Waals surface area contributed by atoms with Crippen molar-refractivity contribution in [2.75, 3.05) is 31.1 Å². The number of anilines is 1. The summed E-state index contributed by atoms with van der Waals surface area (Å²) in [6.45, 7) is 5.15. The Kier molecular flexibility index (Phi) is 5.81. The first-order valence-corrected chi connectivity index (χ1v) is 9.18. The van der Waals surface area contributed by atoms with Crippen molar-refractivity contribution in [2.24, 2.45) is 0 Å². The summed E-state index contributed by atoms with van der Waals surface area (Å²) in [7, 11) is 0. The van der Waals surface area contributed by atoms with Gasteiger partial charge in [-0.1, -0.05) is 6.07 Å². The Hall–Kier alpha value is -2.80. The number of aliphatic hydroxyl groups excluding tert-OH is 1. The molecule has 1 aromatic carbocycles. The summed E-state index contributed by atoms with van der Waals surface area (Å²) in [5, 5.41) is 25.7. The van der Waals surface area contributed by atoms with Gasteiger partial charge in [-0.3, -0.25) is 4.79 Å². The largest absolute Gasteiger partial charge is 0.507 e. The summed E-state index contributed by atoms with van der Waals surface area (Å²) in [5.74, 6) is -1.45. The van der Waals surface area contributed by atoms with E-state index in [4.69, 9.17) is 0 Å². The predicted octanol–water partition coefficient (Wildman–Crippen LogP) is 1.81. The van der Waals surface area contributed by atoms with Crippen molar-refractivity contribution in [1.29, 1.82) is 0 Å². The lowest BCUT2D eigenvalue weighted by Gasteiger charge is -2.30. The normalized spacial score (nSPS) is 18.3. The minimum atomic E-state index is -1.18. The van der Waals surface area contributed by atoms with E-state index in [9.17, 15) is 19.8 Å². The number of aryl methyl sites for hydroxylation is 1. The van der Waals surface area contributed by atoms with Crippen LogP contribution in [0.15, 0.2) is 35.1 Å². The zero-order valence-corrected chi connectivity index (χ0v) is 15.4. The molecule has 1 fully saturated rings. The van der Waals surface area contributed by atoms with Crippen molar-refractivity contribution in [3.8, 4) is 0 Å². The SMILES string of the molecule is C/C(C(=O)O)=C(/O)C1=C(NC=O)c2ccc(N3CCNCC3)cc2CCC1. The minimum absolute atomic E-state index is 0.129. The number of hydrogen-bond acceptors (Lipinski definition) is 5. The van der Waals surface area contributed by atoms with E-state index >= 15 is 0 Å². The molecule has 7 heteroatoms.